The van der Waals surface area contributed by atoms with Crippen molar-refractivity contribution in [3.8, 4) is 0 Å². The minimum absolute atomic E-state index is 0.0595. The molecule has 5 heteroatoms. The molecule has 0 fully saturated rings. The third kappa shape index (κ3) is 4.23. The molecule has 0 aliphatic carbocycles. The van der Waals surface area contributed by atoms with Crippen LogP contribution in [-0.4, -0.2) is 32.9 Å². The van der Waals surface area contributed by atoms with Gasteiger partial charge in [0.05, 0.1) is 29.6 Å². The van der Waals surface area contributed by atoms with Crippen molar-refractivity contribution in [2.24, 2.45) is 5.92 Å². The number of nitrogens with one attached hydrogen (secondary N) is 1. The standard InChI is InChI=1S/C19H27N3O2/c1-5-17-16(18(23)20-13-19(4,24)14(2)3)11-21-22(17)12-15-9-7-6-8-10-15/h6-11,14,24H,5,12-13H2,1-4H3,(H,20,23). The molecule has 0 bridgehead atoms. The summed E-state index contributed by atoms with van der Waals surface area (Å²) in [6.07, 6.45) is 2.33. The lowest BCUT2D eigenvalue weighted by Gasteiger charge is -2.27. The lowest BCUT2D eigenvalue weighted by atomic mass is 9.92. The van der Waals surface area contributed by atoms with Gasteiger partial charge in [-0.05, 0) is 24.8 Å². The summed E-state index contributed by atoms with van der Waals surface area (Å²) >= 11 is 0. The number of nitrogens with zero attached hydrogens (tertiary/aromatic N) is 2. The molecule has 1 aromatic carbocycles. The molecule has 1 aromatic heterocycles. The fraction of sp³-hybridized carbons (Fsp3) is 0.474. The molecule has 0 aliphatic rings. The highest BCUT2D eigenvalue weighted by atomic mass is 16.3. The van der Waals surface area contributed by atoms with Crippen molar-refractivity contribution >= 4 is 5.91 Å². The summed E-state index contributed by atoms with van der Waals surface area (Å²) in [6, 6.07) is 10.0. The average molecular weight is 329 g/mol. The molecule has 0 spiro atoms. The van der Waals surface area contributed by atoms with E-state index in [9.17, 15) is 9.90 Å². The van der Waals surface area contributed by atoms with E-state index in [-0.39, 0.29) is 18.4 Å². The van der Waals surface area contributed by atoms with Crippen molar-refractivity contribution in [3.05, 3.63) is 53.3 Å². The Morgan fingerprint density at radius 1 is 1.33 bits per heavy atom. The number of aromatic nitrogens is 2. The van der Waals surface area contributed by atoms with Crippen LogP contribution in [0.2, 0.25) is 0 Å². The lowest BCUT2D eigenvalue weighted by molar-refractivity contribution is 0.0142. The Labute approximate surface area is 143 Å². The fourth-order valence-electron chi connectivity index (χ4n) is 2.42. The number of rotatable bonds is 7. The van der Waals surface area contributed by atoms with E-state index in [1.165, 1.54) is 0 Å². The van der Waals surface area contributed by atoms with Crippen LogP contribution in [0.4, 0.5) is 0 Å². The third-order valence-corrected chi connectivity index (χ3v) is 4.55. The zero-order valence-electron chi connectivity index (χ0n) is 14.9. The van der Waals surface area contributed by atoms with Gasteiger partial charge in [0.2, 0.25) is 0 Å². The quantitative estimate of drug-likeness (QED) is 0.820. The Balaban J connectivity index is 2.12. The highest BCUT2D eigenvalue weighted by Gasteiger charge is 2.26. The molecule has 2 rings (SSSR count). The van der Waals surface area contributed by atoms with E-state index in [1.54, 1.807) is 13.1 Å². The summed E-state index contributed by atoms with van der Waals surface area (Å²) in [4.78, 5) is 12.5. The van der Waals surface area contributed by atoms with Crippen molar-refractivity contribution < 1.29 is 9.90 Å². The molecule has 130 valence electrons. The van der Waals surface area contributed by atoms with Crippen LogP contribution in [0.5, 0.6) is 0 Å². The van der Waals surface area contributed by atoms with Gasteiger partial charge in [-0.2, -0.15) is 5.10 Å². The molecule has 0 saturated heterocycles. The van der Waals surface area contributed by atoms with Gasteiger partial charge in [-0.3, -0.25) is 9.48 Å². The number of carbonyl (C=O) groups is 1. The number of carbonyl (C=O) groups excluding carboxylic acids is 1. The molecular weight excluding hydrogens is 302 g/mol. The van der Waals surface area contributed by atoms with Gasteiger partial charge in [-0.15, -0.1) is 0 Å². The van der Waals surface area contributed by atoms with Crippen LogP contribution in [0.1, 0.15) is 49.3 Å². The zero-order valence-corrected chi connectivity index (χ0v) is 14.9. The minimum atomic E-state index is -0.929. The summed E-state index contributed by atoms with van der Waals surface area (Å²) in [5.41, 5.74) is 1.70. The largest absolute Gasteiger partial charge is 0.388 e. The molecular formula is C19H27N3O2. The first-order valence-corrected chi connectivity index (χ1v) is 8.44. The highest BCUT2D eigenvalue weighted by molar-refractivity contribution is 5.95. The monoisotopic (exact) mass is 329 g/mol. The second-order valence-corrected chi connectivity index (χ2v) is 6.70. The van der Waals surface area contributed by atoms with Gasteiger partial charge >= 0.3 is 0 Å². The van der Waals surface area contributed by atoms with Crippen molar-refractivity contribution in [1.29, 1.82) is 0 Å². The van der Waals surface area contributed by atoms with E-state index in [4.69, 9.17) is 0 Å². The highest BCUT2D eigenvalue weighted by Crippen LogP contribution is 2.16. The number of hydrogen-bond acceptors (Lipinski definition) is 3. The van der Waals surface area contributed by atoms with Crippen molar-refractivity contribution in [3.63, 3.8) is 0 Å². The molecule has 0 saturated carbocycles. The molecule has 2 aromatic rings. The second-order valence-electron chi connectivity index (χ2n) is 6.70. The van der Waals surface area contributed by atoms with E-state index in [0.29, 0.717) is 12.1 Å². The lowest BCUT2D eigenvalue weighted by Crippen LogP contribution is -2.44. The topological polar surface area (TPSA) is 67.2 Å². The predicted octanol–water partition coefficient (Wildman–Crippen LogP) is 2.63. The predicted molar refractivity (Wildman–Crippen MR) is 94.9 cm³/mol. The van der Waals surface area contributed by atoms with Crippen LogP contribution in [0.25, 0.3) is 0 Å². The molecule has 1 unspecified atom stereocenters. The smallest absolute Gasteiger partial charge is 0.254 e. The molecule has 1 atom stereocenters. The first-order chi connectivity index (χ1) is 11.3. The van der Waals surface area contributed by atoms with Crippen molar-refractivity contribution in [1.82, 2.24) is 15.1 Å². The summed E-state index contributed by atoms with van der Waals surface area (Å²) in [5, 5.41) is 17.5. The Bertz CT molecular complexity index is 675. The summed E-state index contributed by atoms with van der Waals surface area (Å²) < 4.78 is 1.87. The number of benzene rings is 1. The second kappa shape index (κ2) is 7.62. The molecule has 24 heavy (non-hydrogen) atoms. The van der Waals surface area contributed by atoms with Gasteiger partial charge in [0.1, 0.15) is 0 Å². The SMILES string of the molecule is CCc1c(C(=O)NCC(C)(O)C(C)C)cnn1Cc1ccccc1. The third-order valence-electron chi connectivity index (χ3n) is 4.55. The van der Waals surface area contributed by atoms with Gasteiger partial charge in [0.15, 0.2) is 0 Å². The summed E-state index contributed by atoms with van der Waals surface area (Å²) in [7, 11) is 0. The number of aliphatic hydroxyl groups is 1. The van der Waals surface area contributed by atoms with Gasteiger partial charge in [0, 0.05) is 6.54 Å². The van der Waals surface area contributed by atoms with E-state index >= 15 is 0 Å². The van der Waals surface area contributed by atoms with Crippen LogP contribution in [-0.2, 0) is 13.0 Å². The maximum atomic E-state index is 12.5. The Kier molecular flexibility index (Phi) is 5.78. The zero-order chi connectivity index (χ0) is 17.7. The number of hydrogen-bond donors (Lipinski definition) is 2. The van der Waals surface area contributed by atoms with E-state index in [2.05, 4.69) is 10.4 Å². The van der Waals surface area contributed by atoms with Crippen LogP contribution in [0.15, 0.2) is 36.5 Å². The normalized spacial score (nSPS) is 13.8. The maximum Gasteiger partial charge on any atom is 0.254 e. The van der Waals surface area contributed by atoms with E-state index in [1.807, 2.05) is 55.8 Å². The van der Waals surface area contributed by atoms with Crippen molar-refractivity contribution in [2.75, 3.05) is 6.54 Å². The van der Waals surface area contributed by atoms with Crippen LogP contribution < -0.4 is 5.32 Å². The molecule has 2 N–H and O–H groups in total. The average Bonchev–Trinajstić information content (AvgIpc) is 2.96. The fourth-order valence-corrected chi connectivity index (χ4v) is 2.42. The first kappa shape index (κ1) is 18.2. The van der Waals surface area contributed by atoms with Crippen LogP contribution in [0, 0.1) is 5.92 Å². The molecule has 0 radical (unpaired) electrons. The van der Waals surface area contributed by atoms with Crippen LogP contribution >= 0.6 is 0 Å². The van der Waals surface area contributed by atoms with E-state index in [0.717, 1.165) is 17.7 Å². The molecule has 5 nitrogen and oxygen atoms in total. The van der Waals surface area contributed by atoms with E-state index < -0.39 is 5.60 Å². The minimum Gasteiger partial charge on any atom is -0.388 e. The Morgan fingerprint density at radius 2 is 2.00 bits per heavy atom. The summed E-state index contributed by atoms with van der Waals surface area (Å²) in [5.74, 6) is -0.128. The first-order valence-electron chi connectivity index (χ1n) is 8.44. The van der Waals surface area contributed by atoms with Gasteiger partial charge in [-0.1, -0.05) is 51.1 Å². The van der Waals surface area contributed by atoms with Crippen LogP contribution in [0.3, 0.4) is 0 Å². The molecule has 0 aliphatic heterocycles. The van der Waals surface area contributed by atoms with Gasteiger partial charge in [0.25, 0.3) is 5.91 Å². The molecule has 1 amide bonds. The Morgan fingerprint density at radius 3 is 2.58 bits per heavy atom. The number of amides is 1. The van der Waals surface area contributed by atoms with Gasteiger partial charge in [-0.25, -0.2) is 0 Å². The molecule has 1 heterocycles. The summed E-state index contributed by atoms with van der Waals surface area (Å²) in [6.45, 7) is 8.47. The Hall–Kier alpha value is -2.14. The maximum absolute atomic E-state index is 12.5. The van der Waals surface area contributed by atoms with Crippen molar-refractivity contribution in [2.45, 2.75) is 46.3 Å². The van der Waals surface area contributed by atoms with Gasteiger partial charge < -0.3 is 10.4 Å².